The van der Waals surface area contributed by atoms with Crippen molar-refractivity contribution in [1.29, 1.82) is 0 Å². The molecule has 62 valence electrons. The van der Waals surface area contributed by atoms with Crippen molar-refractivity contribution >= 4 is 41.7 Å². The SMILES string of the molecule is Cl[Te](Cl)(Cl)CC1CCCO1. The quantitative estimate of drug-likeness (QED) is 0.711. The second kappa shape index (κ2) is 4.03. The van der Waals surface area contributed by atoms with Gasteiger partial charge in [0.15, 0.2) is 0 Å². The summed E-state index contributed by atoms with van der Waals surface area (Å²) in [6.45, 7) is 0.841. The summed E-state index contributed by atoms with van der Waals surface area (Å²) < 4.78 is 6.02. The number of halogens is 3. The first-order chi connectivity index (χ1) is 4.58. The zero-order valence-corrected chi connectivity index (χ0v) is 9.95. The molecule has 0 saturated carbocycles. The van der Waals surface area contributed by atoms with Crippen LogP contribution in [0.2, 0.25) is 4.47 Å². The molecule has 1 aliphatic heterocycles. The van der Waals surface area contributed by atoms with Crippen molar-refractivity contribution in [2.24, 2.45) is 0 Å². The van der Waals surface area contributed by atoms with Crippen LogP contribution in [0, 0.1) is 0 Å². The molecule has 0 aromatic heterocycles. The number of hydrogen-bond acceptors (Lipinski definition) is 1. The summed E-state index contributed by atoms with van der Waals surface area (Å²) in [5, 5.41) is 0. The summed E-state index contributed by atoms with van der Waals surface area (Å²) in [6, 6.07) is 0. The van der Waals surface area contributed by atoms with Crippen molar-refractivity contribution < 1.29 is 4.74 Å². The Morgan fingerprint density at radius 1 is 1.40 bits per heavy atom. The molecule has 0 aromatic rings. The fourth-order valence-electron chi connectivity index (χ4n) is 0.987. The average Bonchev–Trinajstić information content (AvgIpc) is 2.12. The van der Waals surface area contributed by atoms with E-state index in [0.717, 1.165) is 19.4 Å². The number of ether oxygens (including phenoxy) is 1. The first-order valence-electron chi connectivity index (χ1n) is 3.09. The third kappa shape index (κ3) is 3.85. The van der Waals surface area contributed by atoms with E-state index in [1.54, 1.807) is 0 Å². The summed E-state index contributed by atoms with van der Waals surface area (Å²) in [7, 11) is 17.3. The van der Waals surface area contributed by atoms with Crippen LogP contribution < -0.4 is 0 Å². The molecule has 1 heterocycles. The van der Waals surface area contributed by atoms with Crippen LogP contribution >= 0.6 is 26.9 Å². The standard InChI is InChI=1S/C5H9Cl3OTe/c6-10(7,8)4-5-2-1-3-9-5/h5H,1-4H2. The Balaban J connectivity index is 2.24. The fourth-order valence-corrected chi connectivity index (χ4v) is 5.77. The van der Waals surface area contributed by atoms with Gasteiger partial charge in [-0.05, 0) is 0 Å². The molecule has 10 heavy (non-hydrogen) atoms. The molecule has 1 atom stereocenters. The predicted molar refractivity (Wildman–Crippen MR) is 47.1 cm³/mol. The molecule has 0 radical (unpaired) electrons. The molecule has 5 heteroatoms. The number of hydrogen-bond donors (Lipinski definition) is 0. The Morgan fingerprint density at radius 2 is 2.10 bits per heavy atom. The van der Waals surface area contributed by atoms with Gasteiger partial charge in [-0.2, -0.15) is 0 Å². The van der Waals surface area contributed by atoms with Crippen LogP contribution in [0.5, 0.6) is 0 Å². The Bertz CT molecular complexity index is 108. The van der Waals surface area contributed by atoms with Crippen LogP contribution in [-0.2, 0) is 4.74 Å². The maximum atomic E-state index is 5.75. The topological polar surface area (TPSA) is 9.23 Å². The molecule has 1 nitrogen and oxygen atoms in total. The predicted octanol–water partition coefficient (Wildman–Crippen LogP) is 2.82. The van der Waals surface area contributed by atoms with Gasteiger partial charge < -0.3 is 0 Å². The molecular weight excluding hydrogens is 310 g/mol. The zero-order chi connectivity index (χ0) is 7.61. The van der Waals surface area contributed by atoms with E-state index < -0.39 is 14.8 Å². The Hall–Kier alpha value is 1.62. The molecular formula is C5H9Cl3OTe. The van der Waals surface area contributed by atoms with Gasteiger partial charge in [-0.15, -0.1) is 0 Å². The van der Waals surface area contributed by atoms with Crippen molar-refractivity contribution in [3.63, 3.8) is 0 Å². The van der Waals surface area contributed by atoms with Gasteiger partial charge in [0.25, 0.3) is 0 Å². The van der Waals surface area contributed by atoms with Gasteiger partial charge in [0.2, 0.25) is 0 Å². The van der Waals surface area contributed by atoms with Crippen molar-refractivity contribution in [3.05, 3.63) is 0 Å². The van der Waals surface area contributed by atoms with E-state index in [1.807, 2.05) is 0 Å². The molecule has 1 saturated heterocycles. The van der Waals surface area contributed by atoms with Crippen LogP contribution in [0.25, 0.3) is 0 Å². The van der Waals surface area contributed by atoms with Gasteiger partial charge in [0, 0.05) is 0 Å². The molecule has 0 spiro atoms. The van der Waals surface area contributed by atoms with Crippen molar-refractivity contribution in [3.8, 4) is 0 Å². The molecule has 0 amide bonds. The van der Waals surface area contributed by atoms with E-state index in [0.29, 0.717) is 4.47 Å². The van der Waals surface area contributed by atoms with Crippen LogP contribution in [0.1, 0.15) is 12.8 Å². The van der Waals surface area contributed by atoms with E-state index in [1.165, 1.54) is 0 Å². The van der Waals surface area contributed by atoms with Crippen molar-refractivity contribution in [2.45, 2.75) is 23.4 Å². The van der Waals surface area contributed by atoms with Crippen LogP contribution in [0.3, 0.4) is 0 Å². The van der Waals surface area contributed by atoms with Gasteiger partial charge >= 0.3 is 76.5 Å². The van der Waals surface area contributed by atoms with E-state index in [9.17, 15) is 0 Å². The summed E-state index contributed by atoms with van der Waals surface area (Å²) in [4.78, 5) is 0. The molecule has 0 bridgehead atoms. The van der Waals surface area contributed by atoms with Gasteiger partial charge in [-0.25, -0.2) is 0 Å². The van der Waals surface area contributed by atoms with E-state index in [4.69, 9.17) is 31.6 Å². The summed E-state index contributed by atoms with van der Waals surface area (Å²) in [5.74, 6) is 0. The summed E-state index contributed by atoms with van der Waals surface area (Å²) in [6.07, 6.45) is 2.43. The van der Waals surface area contributed by atoms with Crippen molar-refractivity contribution in [1.82, 2.24) is 0 Å². The third-order valence-corrected chi connectivity index (χ3v) is 6.07. The first-order valence-corrected chi connectivity index (χ1v) is 13.6. The maximum absolute atomic E-state index is 5.75. The fraction of sp³-hybridized carbons (Fsp3) is 1.00. The normalized spacial score (nSPS) is 28.9. The molecule has 0 aliphatic carbocycles. The number of rotatable bonds is 2. The second-order valence-electron chi connectivity index (χ2n) is 2.30. The Kier molecular flexibility index (Phi) is 3.91. The van der Waals surface area contributed by atoms with Crippen LogP contribution in [0.4, 0.5) is 0 Å². The summed E-state index contributed by atoms with van der Waals surface area (Å²) >= 11 is -2.90. The van der Waals surface area contributed by atoms with Gasteiger partial charge in [-0.1, -0.05) is 0 Å². The minimum absolute atomic E-state index is 0.244. The zero-order valence-electron chi connectivity index (χ0n) is 5.36. The van der Waals surface area contributed by atoms with Crippen molar-refractivity contribution in [2.75, 3.05) is 6.61 Å². The molecule has 1 aliphatic rings. The van der Waals surface area contributed by atoms with Gasteiger partial charge in [0.1, 0.15) is 0 Å². The van der Waals surface area contributed by atoms with Crippen LogP contribution in [-0.4, -0.2) is 27.5 Å². The van der Waals surface area contributed by atoms with E-state index in [2.05, 4.69) is 0 Å². The monoisotopic (exact) mass is 320 g/mol. The molecule has 1 rings (SSSR count). The molecule has 1 fully saturated rings. The minimum atomic E-state index is -2.90. The molecule has 1 unspecified atom stereocenters. The summed E-state index contributed by atoms with van der Waals surface area (Å²) in [5.41, 5.74) is 0. The Morgan fingerprint density at radius 3 is 2.50 bits per heavy atom. The van der Waals surface area contributed by atoms with Gasteiger partial charge in [-0.3, -0.25) is 0 Å². The Labute approximate surface area is 76.0 Å². The first kappa shape index (κ1) is 9.71. The van der Waals surface area contributed by atoms with Crippen LogP contribution in [0.15, 0.2) is 0 Å². The molecule has 0 N–H and O–H groups in total. The second-order valence-corrected chi connectivity index (χ2v) is 19.9. The van der Waals surface area contributed by atoms with E-state index in [-0.39, 0.29) is 6.10 Å². The molecule has 0 aromatic carbocycles. The van der Waals surface area contributed by atoms with E-state index >= 15 is 0 Å². The van der Waals surface area contributed by atoms with Gasteiger partial charge in [0.05, 0.1) is 0 Å². The average molecular weight is 319 g/mol. The third-order valence-electron chi connectivity index (χ3n) is 1.40.